The molecule has 2 aromatic carbocycles. The van der Waals surface area contributed by atoms with E-state index in [2.05, 4.69) is 38.2 Å². The number of carbonyl (C=O) groups excluding carboxylic acids is 1. The summed E-state index contributed by atoms with van der Waals surface area (Å²) in [4.78, 5) is 17.1. The van der Waals surface area contributed by atoms with E-state index in [1.54, 1.807) is 36.3 Å². The van der Waals surface area contributed by atoms with Crippen molar-refractivity contribution in [3.8, 4) is 22.4 Å². The van der Waals surface area contributed by atoms with Gasteiger partial charge >= 0.3 is 0 Å². The first kappa shape index (κ1) is 18.1. The van der Waals surface area contributed by atoms with Gasteiger partial charge < -0.3 is 9.88 Å². The lowest BCUT2D eigenvalue weighted by Gasteiger charge is -2.47. The van der Waals surface area contributed by atoms with E-state index in [0.29, 0.717) is 16.7 Å². The Labute approximate surface area is 178 Å². The number of hydrogen-bond donors (Lipinski definition) is 1. The van der Waals surface area contributed by atoms with Gasteiger partial charge in [-0.25, -0.2) is 9.37 Å². The molecule has 2 aromatic heterocycles. The Morgan fingerprint density at radius 2 is 2.00 bits per heavy atom. The summed E-state index contributed by atoms with van der Waals surface area (Å²) in [5.41, 5.74) is 4.89. The SMILES string of the molecule is Cn1cc(-c2ccc(C(=O)NC3CC4(C3)c3ccccc3-c3cncn34)cc2F)cn1. The third-order valence-corrected chi connectivity index (χ3v) is 6.55. The number of nitrogens with zero attached hydrogens (tertiary/aromatic N) is 4. The van der Waals surface area contributed by atoms with Gasteiger partial charge in [-0.2, -0.15) is 5.10 Å². The first-order valence-corrected chi connectivity index (χ1v) is 10.3. The van der Waals surface area contributed by atoms with Crippen molar-refractivity contribution in [2.75, 3.05) is 0 Å². The van der Waals surface area contributed by atoms with Gasteiger partial charge in [0.05, 0.1) is 30.0 Å². The summed E-state index contributed by atoms with van der Waals surface area (Å²) in [6.07, 6.45) is 8.70. The monoisotopic (exact) mass is 413 g/mol. The molecule has 1 fully saturated rings. The number of amides is 1. The fraction of sp³-hybridized carbons (Fsp3) is 0.208. The van der Waals surface area contributed by atoms with Crippen LogP contribution in [0.15, 0.2) is 67.4 Å². The van der Waals surface area contributed by atoms with E-state index in [4.69, 9.17) is 0 Å². The number of halogens is 1. The molecule has 1 aliphatic heterocycles. The average Bonchev–Trinajstić information content (AvgIpc) is 3.44. The molecule has 0 bridgehead atoms. The standard InChI is InChI=1S/C24H20FN5O/c1-29-13-16(11-27-29)18-7-6-15(8-21(18)25)23(31)28-17-9-24(10-17)20-5-3-2-4-19(20)22-12-26-14-30(22)24/h2-8,11-14,17H,9-10H2,1H3,(H,28,31). The second-order valence-corrected chi connectivity index (χ2v) is 8.40. The largest absolute Gasteiger partial charge is 0.349 e. The Bertz CT molecular complexity index is 1330. The molecule has 6 rings (SSSR count). The van der Waals surface area contributed by atoms with Gasteiger partial charge in [-0.15, -0.1) is 0 Å². The topological polar surface area (TPSA) is 64.7 Å². The van der Waals surface area contributed by atoms with E-state index in [-0.39, 0.29) is 17.5 Å². The van der Waals surface area contributed by atoms with Crippen LogP contribution in [0.5, 0.6) is 0 Å². The van der Waals surface area contributed by atoms with Crippen molar-refractivity contribution in [3.05, 3.63) is 84.3 Å². The van der Waals surface area contributed by atoms with Crippen molar-refractivity contribution in [2.45, 2.75) is 24.4 Å². The molecule has 1 spiro atoms. The van der Waals surface area contributed by atoms with E-state index in [1.165, 1.54) is 17.2 Å². The molecular formula is C24H20FN5O. The van der Waals surface area contributed by atoms with Crippen LogP contribution in [0.4, 0.5) is 4.39 Å². The molecule has 1 N–H and O–H groups in total. The lowest BCUT2D eigenvalue weighted by molar-refractivity contribution is 0.0835. The molecule has 0 atom stereocenters. The maximum Gasteiger partial charge on any atom is 0.251 e. The Morgan fingerprint density at radius 1 is 1.16 bits per heavy atom. The summed E-state index contributed by atoms with van der Waals surface area (Å²) in [5, 5.41) is 7.15. The molecule has 1 saturated carbocycles. The zero-order valence-corrected chi connectivity index (χ0v) is 16.9. The zero-order valence-electron chi connectivity index (χ0n) is 16.9. The molecule has 31 heavy (non-hydrogen) atoms. The Hall–Kier alpha value is -3.74. The van der Waals surface area contributed by atoms with E-state index >= 15 is 0 Å². The minimum atomic E-state index is -0.432. The smallest absolute Gasteiger partial charge is 0.251 e. The number of aryl methyl sites for hydroxylation is 1. The van der Waals surface area contributed by atoms with Gasteiger partial charge in [0.15, 0.2) is 0 Å². The van der Waals surface area contributed by atoms with Gasteiger partial charge in [-0.3, -0.25) is 9.48 Å². The summed E-state index contributed by atoms with van der Waals surface area (Å²) in [7, 11) is 1.78. The highest BCUT2D eigenvalue weighted by Crippen LogP contribution is 2.54. The first-order valence-electron chi connectivity index (χ1n) is 10.3. The second kappa shape index (κ2) is 6.38. The van der Waals surface area contributed by atoms with Gasteiger partial charge in [0, 0.05) is 41.5 Å². The maximum atomic E-state index is 14.6. The summed E-state index contributed by atoms with van der Waals surface area (Å²) in [6.45, 7) is 0. The van der Waals surface area contributed by atoms with Gasteiger partial charge in [-0.05, 0) is 30.5 Å². The molecule has 4 aromatic rings. The van der Waals surface area contributed by atoms with Crippen LogP contribution in [0.1, 0.15) is 28.8 Å². The minimum Gasteiger partial charge on any atom is -0.349 e. The van der Waals surface area contributed by atoms with Crippen molar-refractivity contribution in [1.29, 1.82) is 0 Å². The van der Waals surface area contributed by atoms with Gasteiger partial charge in [-0.1, -0.05) is 30.3 Å². The van der Waals surface area contributed by atoms with Crippen LogP contribution in [-0.4, -0.2) is 31.3 Å². The number of nitrogens with one attached hydrogen (secondary N) is 1. The van der Waals surface area contributed by atoms with Crippen LogP contribution in [-0.2, 0) is 12.6 Å². The number of carbonyl (C=O) groups is 1. The molecule has 2 aliphatic rings. The fourth-order valence-corrected chi connectivity index (χ4v) is 5.07. The molecule has 1 amide bonds. The lowest BCUT2D eigenvalue weighted by atomic mass is 9.68. The molecule has 0 unspecified atom stereocenters. The van der Waals surface area contributed by atoms with E-state index in [0.717, 1.165) is 18.5 Å². The number of imidazole rings is 1. The van der Waals surface area contributed by atoms with E-state index in [1.807, 2.05) is 18.6 Å². The molecule has 6 nitrogen and oxygen atoms in total. The van der Waals surface area contributed by atoms with Gasteiger partial charge in [0.25, 0.3) is 5.91 Å². The summed E-state index contributed by atoms with van der Waals surface area (Å²) in [5.74, 6) is -0.688. The number of fused-ring (bicyclic) bond motifs is 5. The van der Waals surface area contributed by atoms with Crippen molar-refractivity contribution < 1.29 is 9.18 Å². The summed E-state index contributed by atoms with van der Waals surface area (Å²) < 4.78 is 18.5. The van der Waals surface area contributed by atoms with Crippen LogP contribution < -0.4 is 5.32 Å². The van der Waals surface area contributed by atoms with Crippen molar-refractivity contribution in [2.24, 2.45) is 7.05 Å². The van der Waals surface area contributed by atoms with Gasteiger partial charge in [0.1, 0.15) is 5.82 Å². The van der Waals surface area contributed by atoms with Crippen molar-refractivity contribution >= 4 is 5.91 Å². The Morgan fingerprint density at radius 3 is 2.77 bits per heavy atom. The first-order chi connectivity index (χ1) is 15.0. The third kappa shape index (κ3) is 2.59. The van der Waals surface area contributed by atoms with Crippen LogP contribution >= 0.6 is 0 Å². The second-order valence-electron chi connectivity index (χ2n) is 8.40. The van der Waals surface area contributed by atoms with Crippen LogP contribution in [0.25, 0.3) is 22.4 Å². The van der Waals surface area contributed by atoms with E-state index < -0.39 is 5.82 Å². The number of rotatable bonds is 3. The lowest BCUT2D eigenvalue weighted by Crippen LogP contribution is -2.55. The van der Waals surface area contributed by atoms with Crippen molar-refractivity contribution in [3.63, 3.8) is 0 Å². The van der Waals surface area contributed by atoms with Crippen LogP contribution in [0.3, 0.4) is 0 Å². The van der Waals surface area contributed by atoms with Crippen LogP contribution in [0, 0.1) is 5.82 Å². The molecule has 0 saturated heterocycles. The average molecular weight is 413 g/mol. The Kier molecular flexibility index (Phi) is 3.72. The molecule has 3 heterocycles. The normalized spacial score (nSPS) is 20.9. The number of aromatic nitrogens is 4. The van der Waals surface area contributed by atoms with E-state index in [9.17, 15) is 9.18 Å². The molecule has 154 valence electrons. The number of benzene rings is 2. The van der Waals surface area contributed by atoms with Crippen LogP contribution in [0.2, 0.25) is 0 Å². The zero-order chi connectivity index (χ0) is 21.2. The third-order valence-electron chi connectivity index (χ3n) is 6.55. The molecular weight excluding hydrogens is 393 g/mol. The highest BCUT2D eigenvalue weighted by molar-refractivity contribution is 5.95. The predicted molar refractivity (Wildman–Crippen MR) is 114 cm³/mol. The quantitative estimate of drug-likeness (QED) is 0.557. The van der Waals surface area contributed by atoms with Crippen molar-refractivity contribution in [1.82, 2.24) is 24.6 Å². The highest BCUT2D eigenvalue weighted by atomic mass is 19.1. The molecule has 0 radical (unpaired) electrons. The number of hydrogen-bond acceptors (Lipinski definition) is 3. The van der Waals surface area contributed by atoms with Gasteiger partial charge in [0.2, 0.25) is 0 Å². The summed E-state index contributed by atoms with van der Waals surface area (Å²) in [6, 6.07) is 13.0. The minimum absolute atomic E-state index is 0.0231. The summed E-state index contributed by atoms with van der Waals surface area (Å²) >= 11 is 0. The maximum absolute atomic E-state index is 14.6. The fourth-order valence-electron chi connectivity index (χ4n) is 5.07. The molecule has 1 aliphatic carbocycles. The predicted octanol–water partition coefficient (Wildman–Crippen LogP) is 3.74. The Balaban J connectivity index is 1.20. The highest BCUT2D eigenvalue weighted by Gasteiger charge is 2.52. The molecule has 7 heteroatoms.